The van der Waals surface area contributed by atoms with Crippen molar-refractivity contribution in [1.29, 1.82) is 0 Å². The first kappa shape index (κ1) is 14.6. The van der Waals surface area contributed by atoms with Crippen molar-refractivity contribution in [2.45, 2.75) is 58.0 Å². The van der Waals surface area contributed by atoms with Gasteiger partial charge in [0, 0.05) is 13.0 Å². The maximum atomic E-state index is 6.23. The maximum absolute atomic E-state index is 6.23. The zero-order valence-corrected chi connectivity index (χ0v) is 12.8. The normalized spacial score (nSPS) is 24.4. The van der Waals surface area contributed by atoms with Crippen LogP contribution >= 0.6 is 11.6 Å². The van der Waals surface area contributed by atoms with Crippen LogP contribution in [0.5, 0.6) is 5.75 Å². The molecular weight excluding hydrogens is 262 g/mol. The first-order valence-electron chi connectivity index (χ1n) is 6.59. The zero-order chi connectivity index (χ0) is 14.3. The van der Waals surface area contributed by atoms with E-state index in [1.807, 2.05) is 18.2 Å². The van der Waals surface area contributed by atoms with E-state index in [1.54, 1.807) is 0 Å². The van der Waals surface area contributed by atoms with Gasteiger partial charge in [-0.25, -0.2) is 0 Å². The Hall–Kier alpha value is -0.770. The summed E-state index contributed by atoms with van der Waals surface area (Å²) in [5, 5.41) is 0.600. The summed E-state index contributed by atoms with van der Waals surface area (Å²) in [5.74, 6) is 0.693. The molecule has 1 aromatic carbocycles. The van der Waals surface area contributed by atoms with Crippen molar-refractivity contribution >= 4 is 11.6 Å². The minimum atomic E-state index is -0.320. The molecule has 19 heavy (non-hydrogen) atoms. The van der Waals surface area contributed by atoms with Crippen LogP contribution in [0.15, 0.2) is 18.2 Å². The average molecular weight is 284 g/mol. The number of rotatable bonds is 3. The molecule has 0 spiro atoms. The van der Waals surface area contributed by atoms with E-state index >= 15 is 0 Å². The lowest BCUT2D eigenvalue weighted by atomic mass is 9.97. The fourth-order valence-corrected chi connectivity index (χ4v) is 2.86. The highest BCUT2D eigenvalue weighted by atomic mass is 35.5. The molecule has 2 N–H and O–H groups in total. The topological polar surface area (TPSA) is 44.5 Å². The molecule has 4 heteroatoms. The molecular formula is C15H22ClNO2. The fourth-order valence-electron chi connectivity index (χ4n) is 2.62. The van der Waals surface area contributed by atoms with Gasteiger partial charge in [0.25, 0.3) is 0 Å². The molecule has 1 atom stereocenters. The van der Waals surface area contributed by atoms with E-state index in [0.29, 0.717) is 17.3 Å². The van der Waals surface area contributed by atoms with Gasteiger partial charge >= 0.3 is 0 Å². The van der Waals surface area contributed by atoms with Gasteiger partial charge in [-0.1, -0.05) is 17.7 Å². The summed E-state index contributed by atoms with van der Waals surface area (Å²) in [6, 6.07) is 5.67. The molecule has 1 saturated heterocycles. The Morgan fingerprint density at radius 1 is 1.37 bits per heavy atom. The highest BCUT2D eigenvalue weighted by Crippen LogP contribution is 2.40. The van der Waals surface area contributed by atoms with E-state index in [2.05, 4.69) is 27.7 Å². The van der Waals surface area contributed by atoms with E-state index in [1.165, 1.54) is 0 Å². The van der Waals surface area contributed by atoms with Gasteiger partial charge in [-0.15, -0.1) is 0 Å². The van der Waals surface area contributed by atoms with Gasteiger partial charge in [0.05, 0.1) is 10.6 Å². The monoisotopic (exact) mass is 283 g/mol. The summed E-state index contributed by atoms with van der Waals surface area (Å²) < 4.78 is 12.1. The summed E-state index contributed by atoms with van der Waals surface area (Å²) >= 11 is 6.23. The molecule has 1 unspecified atom stereocenters. The molecule has 3 nitrogen and oxygen atoms in total. The second kappa shape index (κ2) is 4.97. The molecule has 0 aromatic heterocycles. The van der Waals surface area contributed by atoms with Crippen LogP contribution in [0, 0.1) is 0 Å². The van der Waals surface area contributed by atoms with Crippen molar-refractivity contribution in [2.24, 2.45) is 5.73 Å². The Kier molecular flexibility index (Phi) is 3.83. The number of hydrogen-bond acceptors (Lipinski definition) is 3. The van der Waals surface area contributed by atoms with Crippen molar-refractivity contribution in [1.82, 2.24) is 0 Å². The highest BCUT2D eigenvalue weighted by Gasteiger charge is 2.47. The molecule has 1 fully saturated rings. The lowest BCUT2D eigenvalue weighted by molar-refractivity contribution is -0.0845. The van der Waals surface area contributed by atoms with Gasteiger partial charge in [0.1, 0.15) is 17.5 Å². The van der Waals surface area contributed by atoms with Gasteiger partial charge < -0.3 is 15.2 Å². The maximum Gasteiger partial charge on any atom is 0.138 e. The van der Waals surface area contributed by atoms with Crippen LogP contribution in [0.2, 0.25) is 5.02 Å². The second-order valence-corrected chi connectivity index (χ2v) is 6.65. The van der Waals surface area contributed by atoms with E-state index in [4.69, 9.17) is 26.8 Å². The average Bonchev–Trinajstić information content (AvgIpc) is 2.49. The molecule has 2 rings (SSSR count). The Labute approximate surface area is 120 Å². The summed E-state index contributed by atoms with van der Waals surface area (Å²) in [6.45, 7) is 8.74. The molecule has 1 heterocycles. The minimum Gasteiger partial charge on any atom is -0.486 e. The van der Waals surface area contributed by atoms with Gasteiger partial charge in [0.2, 0.25) is 0 Å². The summed E-state index contributed by atoms with van der Waals surface area (Å²) in [5.41, 5.74) is 6.10. The number of nitrogens with two attached hydrogens (primary N) is 1. The van der Waals surface area contributed by atoms with Crippen LogP contribution in [0.3, 0.4) is 0 Å². The summed E-state index contributed by atoms with van der Waals surface area (Å²) in [4.78, 5) is 0. The van der Waals surface area contributed by atoms with Crippen LogP contribution in [0.1, 0.15) is 39.7 Å². The molecule has 1 aromatic rings. The fraction of sp³-hybridized carbons (Fsp3) is 0.600. The predicted octanol–water partition coefficient (Wildman–Crippen LogP) is 3.52. The standard InChI is InChI=1S/C15H22ClNO2/c1-14(2)8-13(15(3,4)19-14)18-12-6-5-10(9-17)7-11(12)16/h5-7,13H,8-9,17H2,1-4H3. The lowest BCUT2D eigenvalue weighted by Crippen LogP contribution is -2.36. The molecule has 0 aliphatic carbocycles. The third-order valence-corrected chi connectivity index (χ3v) is 3.79. The Balaban J connectivity index is 2.18. The zero-order valence-electron chi connectivity index (χ0n) is 12.0. The van der Waals surface area contributed by atoms with Crippen molar-refractivity contribution in [3.63, 3.8) is 0 Å². The molecule has 1 aliphatic heterocycles. The number of hydrogen-bond donors (Lipinski definition) is 1. The third-order valence-electron chi connectivity index (χ3n) is 3.49. The first-order valence-corrected chi connectivity index (χ1v) is 6.97. The Morgan fingerprint density at radius 2 is 2.05 bits per heavy atom. The summed E-state index contributed by atoms with van der Waals surface area (Å²) in [7, 11) is 0. The van der Waals surface area contributed by atoms with E-state index in [9.17, 15) is 0 Å². The molecule has 0 radical (unpaired) electrons. The molecule has 106 valence electrons. The van der Waals surface area contributed by atoms with Crippen LogP contribution in [0.4, 0.5) is 0 Å². The van der Waals surface area contributed by atoms with Crippen LogP contribution < -0.4 is 10.5 Å². The highest BCUT2D eigenvalue weighted by molar-refractivity contribution is 6.32. The SMILES string of the molecule is CC1(C)CC(Oc2ccc(CN)cc2Cl)C(C)(C)O1. The molecule has 0 saturated carbocycles. The number of ether oxygens (including phenoxy) is 2. The number of halogens is 1. The van der Waals surface area contributed by atoms with Crippen LogP contribution in [-0.2, 0) is 11.3 Å². The minimum absolute atomic E-state index is 0.0104. The first-order chi connectivity index (χ1) is 8.73. The van der Waals surface area contributed by atoms with Crippen molar-refractivity contribution in [3.8, 4) is 5.75 Å². The Morgan fingerprint density at radius 3 is 2.53 bits per heavy atom. The van der Waals surface area contributed by atoms with Crippen LogP contribution in [0.25, 0.3) is 0 Å². The molecule has 0 amide bonds. The van der Waals surface area contributed by atoms with Crippen molar-refractivity contribution < 1.29 is 9.47 Å². The quantitative estimate of drug-likeness (QED) is 0.923. The van der Waals surface area contributed by atoms with Crippen molar-refractivity contribution in [3.05, 3.63) is 28.8 Å². The Bertz CT molecular complexity index is 471. The predicted molar refractivity (Wildman–Crippen MR) is 77.6 cm³/mol. The number of benzene rings is 1. The van der Waals surface area contributed by atoms with Gasteiger partial charge in [-0.05, 0) is 45.4 Å². The molecule has 0 bridgehead atoms. The van der Waals surface area contributed by atoms with Crippen LogP contribution in [-0.4, -0.2) is 17.3 Å². The molecule has 1 aliphatic rings. The van der Waals surface area contributed by atoms with Gasteiger partial charge in [-0.3, -0.25) is 0 Å². The summed E-state index contributed by atoms with van der Waals surface area (Å²) in [6.07, 6.45) is 0.832. The third kappa shape index (κ3) is 3.22. The van der Waals surface area contributed by atoms with Crippen molar-refractivity contribution in [2.75, 3.05) is 0 Å². The smallest absolute Gasteiger partial charge is 0.138 e. The van der Waals surface area contributed by atoms with E-state index in [0.717, 1.165) is 12.0 Å². The van der Waals surface area contributed by atoms with E-state index in [-0.39, 0.29) is 17.3 Å². The largest absolute Gasteiger partial charge is 0.486 e. The second-order valence-electron chi connectivity index (χ2n) is 6.24. The van der Waals surface area contributed by atoms with Gasteiger partial charge in [0.15, 0.2) is 0 Å². The van der Waals surface area contributed by atoms with E-state index < -0.39 is 0 Å². The van der Waals surface area contributed by atoms with Gasteiger partial charge in [-0.2, -0.15) is 0 Å². The lowest BCUT2D eigenvalue weighted by Gasteiger charge is -2.27.